The zero-order chi connectivity index (χ0) is 24.8. The molecule has 3 N–H and O–H groups in total. The van der Waals surface area contributed by atoms with Crippen LogP contribution in [0, 0.1) is 17.1 Å². The third-order valence-electron chi connectivity index (χ3n) is 4.31. The van der Waals surface area contributed by atoms with E-state index in [1.165, 1.54) is 12.1 Å². The Morgan fingerprint density at radius 1 is 0.941 bits per heavy atom. The Kier molecular flexibility index (Phi) is 10.5. The molecule has 8 heteroatoms. The summed E-state index contributed by atoms with van der Waals surface area (Å²) in [6.07, 6.45) is 1.12. The van der Waals surface area contributed by atoms with E-state index < -0.39 is 11.9 Å². The summed E-state index contributed by atoms with van der Waals surface area (Å²) in [6, 6.07) is 23.9. The lowest BCUT2D eigenvalue weighted by atomic mass is 10.0. The van der Waals surface area contributed by atoms with Crippen LogP contribution in [-0.4, -0.2) is 35.3 Å². The van der Waals surface area contributed by atoms with E-state index in [2.05, 4.69) is 23.5 Å². The number of ether oxygens (including phenoxy) is 1. The largest absolute Gasteiger partial charge is 0.492 e. The van der Waals surface area contributed by atoms with E-state index in [1.807, 2.05) is 24.3 Å². The fourth-order valence-corrected chi connectivity index (χ4v) is 2.77. The summed E-state index contributed by atoms with van der Waals surface area (Å²) in [4.78, 5) is 19.1. The molecule has 0 radical (unpaired) electrons. The van der Waals surface area contributed by atoms with Crippen molar-refractivity contribution < 1.29 is 28.9 Å². The van der Waals surface area contributed by atoms with E-state index >= 15 is 0 Å². The van der Waals surface area contributed by atoms with Crippen molar-refractivity contribution in [3.05, 3.63) is 102 Å². The first-order chi connectivity index (χ1) is 16.4. The number of nitrogens with one attached hydrogen (secondary N) is 1. The van der Waals surface area contributed by atoms with Gasteiger partial charge < -0.3 is 20.3 Å². The van der Waals surface area contributed by atoms with Gasteiger partial charge in [0.25, 0.3) is 0 Å². The number of hydrogen-bond acceptors (Lipinski definition) is 5. The molecule has 0 aromatic heterocycles. The number of nitrogens with zero attached hydrogens (tertiary/aromatic N) is 1. The first-order valence-corrected chi connectivity index (χ1v) is 10.2. The average Bonchev–Trinajstić information content (AvgIpc) is 2.84. The molecule has 0 atom stereocenters. The maximum atomic E-state index is 13.0. The molecule has 0 aliphatic carbocycles. The molecule has 0 heterocycles. The van der Waals surface area contributed by atoms with Crippen LogP contribution in [0.2, 0.25) is 0 Å². The summed E-state index contributed by atoms with van der Waals surface area (Å²) in [5.41, 5.74) is 3.80. The van der Waals surface area contributed by atoms with Crippen LogP contribution >= 0.6 is 0 Å². The van der Waals surface area contributed by atoms with E-state index in [9.17, 15) is 14.0 Å². The summed E-state index contributed by atoms with van der Waals surface area (Å²) in [5, 5.41) is 27.8. The van der Waals surface area contributed by atoms with Crippen molar-refractivity contribution in [2.45, 2.75) is 6.54 Å². The minimum atomic E-state index is -1.26. The predicted octanol–water partition coefficient (Wildman–Crippen LogP) is 4.24. The average molecular weight is 462 g/mol. The molecule has 3 rings (SSSR count). The highest BCUT2D eigenvalue weighted by Gasteiger charge is 2.01. The third kappa shape index (κ3) is 9.77. The van der Waals surface area contributed by atoms with Gasteiger partial charge in [0.1, 0.15) is 18.2 Å². The smallest absolute Gasteiger partial charge is 0.328 e. The SMILES string of the molecule is N#Cc1cccc(OCCNCc2cccc(-c3ccc(F)cc3)c2)c1.O=C(O)/C=C/C(=O)O. The van der Waals surface area contributed by atoms with Gasteiger partial charge in [-0.25, -0.2) is 14.0 Å². The van der Waals surface area contributed by atoms with Crippen LogP contribution in [0.15, 0.2) is 84.9 Å². The van der Waals surface area contributed by atoms with Crippen molar-refractivity contribution >= 4 is 11.9 Å². The van der Waals surface area contributed by atoms with Gasteiger partial charge in [-0.1, -0.05) is 36.4 Å². The maximum Gasteiger partial charge on any atom is 0.328 e. The summed E-state index contributed by atoms with van der Waals surface area (Å²) >= 11 is 0. The van der Waals surface area contributed by atoms with Crippen molar-refractivity contribution in [2.24, 2.45) is 0 Å². The second-order valence-electron chi connectivity index (χ2n) is 6.88. The lowest BCUT2D eigenvalue weighted by Crippen LogP contribution is -2.20. The Labute approximate surface area is 196 Å². The molecule has 0 aliphatic rings. The molecule has 0 bridgehead atoms. The van der Waals surface area contributed by atoms with Crippen molar-refractivity contribution in [2.75, 3.05) is 13.2 Å². The molecule has 0 saturated carbocycles. The Bertz CT molecular complexity index is 1150. The van der Waals surface area contributed by atoms with Crippen LogP contribution in [0.1, 0.15) is 11.1 Å². The molecular weight excluding hydrogens is 439 g/mol. The van der Waals surface area contributed by atoms with Gasteiger partial charge in [-0.15, -0.1) is 0 Å². The van der Waals surface area contributed by atoms with Gasteiger partial charge in [-0.2, -0.15) is 5.26 Å². The Balaban J connectivity index is 0.000000440. The molecule has 0 unspecified atom stereocenters. The van der Waals surface area contributed by atoms with Crippen molar-refractivity contribution in [1.82, 2.24) is 5.32 Å². The van der Waals surface area contributed by atoms with E-state index in [-0.39, 0.29) is 5.82 Å². The highest BCUT2D eigenvalue weighted by molar-refractivity contribution is 5.89. The number of rotatable bonds is 9. The Hall–Kier alpha value is -4.48. The number of carbonyl (C=O) groups is 2. The summed E-state index contributed by atoms with van der Waals surface area (Å²) in [6.45, 7) is 1.93. The Morgan fingerprint density at radius 2 is 1.62 bits per heavy atom. The van der Waals surface area contributed by atoms with Crippen LogP contribution in [0.5, 0.6) is 5.75 Å². The molecule has 0 fully saturated rings. The molecule has 0 spiro atoms. The molecule has 174 valence electrons. The van der Waals surface area contributed by atoms with Crippen LogP contribution in [-0.2, 0) is 16.1 Å². The van der Waals surface area contributed by atoms with Crippen molar-refractivity contribution in [3.63, 3.8) is 0 Å². The molecule has 0 amide bonds. The van der Waals surface area contributed by atoms with Crippen LogP contribution in [0.25, 0.3) is 11.1 Å². The van der Waals surface area contributed by atoms with E-state index in [1.54, 1.807) is 24.3 Å². The number of aliphatic carboxylic acids is 2. The van der Waals surface area contributed by atoms with Crippen LogP contribution in [0.3, 0.4) is 0 Å². The molecule has 7 nitrogen and oxygen atoms in total. The standard InChI is InChI=1S/C22H19FN2O.C4H4O4/c23-21-9-7-19(8-10-21)20-5-1-4-18(13-20)16-25-11-12-26-22-6-2-3-17(14-22)15-24;5-3(6)1-2-4(7)8/h1-10,13-14,25H,11-12,16H2;1-2H,(H,5,6)(H,7,8)/b;2-1+. The second kappa shape index (κ2) is 13.8. The lowest BCUT2D eigenvalue weighted by molar-refractivity contribution is -0.134. The topological polar surface area (TPSA) is 120 Å². The van der Waals surface area contributed by atoms with Gasteiger partial charge in [-0.05, 0) is 53.1 Å². The molecule has 34 heavy (non-hydrogen) atoms. The van der Waals surface area contributed by atoms with Crippen molar-refractivity contribution in [3.8, 4) is 22.9 Å². The molecule has 3 aromatic rings. The molecule has 0 saturated heterocycles. The third-order valence-corrected chi connectivity index (χ3v) is 4.31. The van der Waals surface area contributed by atoms with Gasteiger partial charge >= 0.3 is 11.9 Å². The normalized spacial score (nSPS) is 10.1. The second-order valence-corrected chi connectivity index (χ2v) is 6.88. The number of nitriles is 1. The fourth-order valence-electron chi connectivity index (χ4n) is 2.77. The zero-order valence-corrected chi connectivity index (χ0v) is 18.1. The molecule has 0 aliphatic heterocycles. The first kappa shape index (κ1) is 25.8. The monoisotopic (exact) mass is 462 g/mol. The summed E-state index contributed by atoms with van der Waals surface area (Å²) < 4.78 is 18.7. The molecular formula is C26H23FN2O5. The van der Waals surface area contributed by atoms with Gasteiger partial charge in [0, 0.05) is 25.2 Å². The quantitative estimate of drug-likeness (QED) is 0.321. The minimum absolute atomic E-state index is 0.230. The van der Waals surface area contributed by atoms with E-state index in [4.69, 9.17) is 20.2 Å². The van der Waals surface area contributed by atoms with Gasteiger partial charge in [0.05, 0.1) is 11.6 Å². The summed E-state index contributed by atoms with van der Waals surface area (Å²) in [5.74, 6) is -2.05. The maximum absolute atomic E-state index is 13.0. The number of carboxylic acid groups (broad SMARTS) is 2. The van der Waals surface area contributed by atoms with Gasteiger partial charge in [-0.3, -0.25) is 0 Å². The first-order valence-electron chi connectivity index (χ1n) is 10.2. The lowest BCUT2D eigenvalue weighted by Gasteiger charge is -2.09. The Morgan fingerprint density at radius 3 is 2.26 bits per heavy atom. The van der Waals surface area contributed by atoms with Gasteiger partial charge in [0.2, 0.25) is 0 Å². The van der Waals surface area contributed by atoms with Crippen LogP contribution in [0.4, 0.5) is 4.39 Å². The fraction of sp³-hybridized carbons (Fsp3) is 0.115. The zero-order valence-electron chi connectivity index (χ0n) is 18.1. The number of halogens is 1. The van der Waals surface area contributed by atoms with Crippen LogP contribution < -0.4 is 10.1 Å². The van der Waals surface area contributed by atoms with E-state index in [0.29, 0.717) is 36.6 Å². The highest BCUT2D eigenvalue weighted by atomic mass is 19.1. The van der Waals surface area contributed by atoms with E-state index in [0.717, 1.165) is 23.2 Å². The van der Waals surface area contributed by atoms with Gasteiger partial charge in [0.15, 0.2) is 0 Å². The molecule has 3 aromatic carbocycles. The number of carboxylic acids is 2. The predicted molar refractivity (Wildman–Crippen MR) is 125 cm³/mol. The minimum Gasteiger partial charge on any atom is -0.492 e. The number of benzene rings is 3. The number of hydrogen-bond donors (Lipinski definition) is 3. The summed E-state index contributed by atoms with van der Waals surface area (Å²) in [7, 11) is 0. The van der Waals surface area contributed by atoms with Crippen molar-refractivity contribution in [1.29, 1.82) is 5.26 Å². The highest BCUT2D eigenvalue weighted by Crippen LogP contribution is 2.20.